The molecule has 0 aromatic carbocycles. The Kier molecular flexibility index (Phi) is 5.74. The van der Waals surface area contributed by atoms with Gasteiger partial charge in [0.1, 0.15) is 0 Å². The Hall–Kier alpha value is -2.89. The fourth-order valence-corrected chi connectivity index (χ4v) is 3.47. The molecule has 3 aromatic heterocycles. The number of aryl methyl sites for hydroxylation is 2. The van der Waals surface area contributed by atoms with E-state index in [2.05, 4.69) is 24.0 Å². The number of pyridine rings is 1. The van der Waals surface area contributed by atoms with E-state index in [1.165, 1.54) is 0 Å². The highest BCUT2D eigenvalue weighted by molar-refractivity contribution is 5.84. The molecule has 0 fully saturated rings. The van der Waals surface area contributed by atoms with Gasteiger partial charge in [-0.3, -0.25) is 4.79 Å². The number of carbonyl (C=O) groups is 1. The highest BCUT2D eigenvalue weighted by Gasteiger charge is 2.17. The summed E-state index contributed by atoms with van der Waals surface area (Å²) in [5.41, 5.74) is 6.49. The summed E-state index contributed by atoms with van der Waals surface area (Å²) in [5.74, 6) is -0.183. The molecule has 0 aliphatic rings. The fourth-order valence-electron chi connectivity index (χ4n) is 3.47. The number of unbranched alkanes of at least 4 members (excludes halogenated alkanes) is 1. The summed E-state index contributed by atoms with van der Waals surface area (Å²) in [7, 11) is 1.61. The standard InChI is InChI=1S/C21H25N3O3/c1-4-16-9-10-18-21(15-11-12-22-19(13-15)27-3)17(14(2)23-24(16)18)7-5-6-8-20(25)26/h9-13H,4-8H2,1-3H3,(H,25,26). The van der Waals surface area contributed by atoms with Gasteiger partial charge < -0.3 is 9.84 Å². The minimum absolute atomic E-state index is 0.193. The molecule has 0 aliphatic heterocycles. The number of aliphatic carboxylic acids is 1. The molecule has 0 amide bonds. The van der Waals surface area contributed by atoms with Gasteiger partial charge in [0.25, 0.3) is 0 Å². The molecule has 0 saturated heterocycles. The van der Waals surface area contributed by atoms with E-state index in [9.17, 15) is 4.79 Å². The summed E-state index contributed by atoms with van der Waals surface area (Å²) in [4.78, 5) is 15.0. The van der Waals surface area contributed by atoms with E-state index >= 15 is 0 Å². The maximum absolute atomic E-state index is 10.8. The molecule has 142 valence electrons. The Morgan fingerprint density at radius 3 is 2.78 bits per heavy atom. The van der Waals surface area contributed by atoms with Gasteiger partial charge in [-0.25, -0.2) is 9.50 Å². The molecule has 0 spiro atoms. The van der Waals surface area contributed by atoms with Crippen molar-refractivity contribution in [2.24, 2.45) is 0 Å². The topological polar surface area (TPSA) is 76.7 Å². The molecule has 0 atom stereocenters. The van der Waals surface area contributed by atoms with Gasteiger partial charge in [0, 0.05) is 29.9 Å². The van der Waals surface area contributed by atoms with Crippen LogP contribution in [-0.4, -0.2) is 32.8 Å². The first-order chi connectivity index (χ1) is 13.0. The van der Waals surface area contributed by atoms with Crippen molar-refractivity contribution in [2.45, 2.75) is 46.0 Å². The second-order valence-corrected chi connectivity index (χ2v) is 6.60. The number of ether oxygens (including phenoxy) is 1. The van der Waals surface area contributed by atoms with Crippen LogP contribution in [-0.2, 0) is 17.6 Å². The molecule has 6 heteroatoms. The van der Waals surface area contributed by atoms with E-state index in [0.717, 1.165) is 52.9 Å². The smallest absolute Gasteiger partial charge is 0.303 e. The van der Waals surface area contributed by atoms with Gasteiger partial charge >= 0.3 is 5.97 Å². The van der Waals surface area contributed by atoms with Crippen molar-refractivity contribution in [3.05, 3.63) is 47.4 Å². The Bertz CT molecular complexity index is 963. The number of methoxy groups -OCH3 is 1. The largest absolute Gasteiger partial charge is 0.481 e. The number of hydrogen-bond acceptors (Lipinski definition) is 4. The van der Waals surface area contributed by atoms with Crippen molar-refractivity contribution in [2.75, 3.05) is 7.11 Å². The number of hydrogen-bond donors (Lipinski definition) is 1. The maximum Gasteiger partial charge on any atom is 0.303 e. The van der Waals surface area contributed by atoms with Gasteiger partial charge in [0.15, 0.2) is 0 Å². The van der Waals surface area contributed by atoms with E-state index in [-0.39, 0.29) is 6.42 Å². The van der Waals surface area contributed by atoms with Crippen LogP contribution in [0.4, 0.5) is 0 Å². The first-order valence-electron chi connectivity index (χ1n) is 9.27. The van der Waals surface area contributed by atoms with Crippen LogP contribution in [0.3, 0.4) is 0 Å². The zero-order valence-corrected chi connectivity index (χ0v) is 16.0. The van der Waals surface area contributed by atoms with E-state index in [1.54, 1.807) is 13.3 Å². The molecule has 27 heavy (non-hydrogen) atoms. The van der Waals surface area contributed by atoms with Crippen molar-refractivity contribution in [3.63, 3.8) is 0 Å². The van der Waals surface area contributed by atoms with Crippen molar-refractivity contribution in [1.82, 2.24) is 14.6 Å². The summed E-state index contributed by atoms with van der Waals surface area (Å²) >= 11 is 0. The Morgan fingerprint density at radius 2 is 2.07 bits per heavy atom. The predicted octanol–water partition coefficient (Wildman–Crippen LogP) is 4.07. The van der Waals surface area contributed by atoms with Crippen LogP contribution in [0, 0.1) is 6.92 Å². The zero-order chi connectivity index (χ0) is 19.4. The second kappa shape index (κ2) is 8.20. The van der Waals surface area contributed by atoms with Crippen LogP contribution in [0.1, 0.15) is 43.1 Å². The lowest BCUT2D eigenvalue weighted by Crippen LogP contribution is -2.06. The van der Waals surface area contributed by atoms with Crippen molar-refractivity contribution >= 4 is 11.5 Å². The zero-order valence-electron chi connectivity index (χ0n) is 16.0. The van der Waals surface area contributed by atoms with Crippen molar-refractivity contribution < 1.29 is 14.6 Å². The Morgan fingerprint density at radius 1 is 1.26 bits per heavy atom. The van der Waals surface area contributed by atoms with Crippen molar-refractivity contribution in [1.29, 1.82) is 0 Å². The number of nitrogens with zero attached hydrogens (tertiary/aromatic N) is 3. The lowest BCUT2D eigenvalue weighted by atomic mass is 9.95. The molecular weight excluding hydrogens is 342 g/mol. The molecule has 0 bridgehead atoms. The van der Waals surface area contributed by atoms with E-state index in [4.69, 9.17) is 14.9 Å². The normalized spacial score (nSPS) is 11.1. The van der Waals surface area contributed by atoms with Crippen LogP contribution in [0.2, 0.25) is 0 Å². The van der Waals surface area contributed by atoms with Gasteiger partial charge in [-0.15, -0.1) is 0 Å². The SMILES string of the molecule is CCc1ccc2c(-c3ccnc(OC)c3)c(CCCCC(=O)O)c(C)nn12. The predicted molar refractivity (Wildman–Crippen MR) is 104 cm³/mol. The Labute approximate surface area is 158 Å². The van der Waals surface area contributed by atoms with Crippen LogP contribution < -0.4 is 4.74 Å². The molecule has 3 heterocycles. The van der Waals surface area contributed by atoms with Crippen LogP contribution in [0.5, 0.6) is 5.88 Å². The number of rotatable bonds is 8. The minimum atomic E-state index is -0.751. The quantitative estimate of drug-likeness (QED) is 0.607. The molecule has 0 radical (unpaired) electrons. The molecule has 0 unspecified atom stereocenters. The van der Waals surface area contributed by atoms with E-state index < -0.39 is 5.97 Å². The number of fused-ring (bicyclic) bond motifs is 1. The molecule has 0 aliphatic carbocycles. The van der Waals surface area contributed by atoms with Gasteiger partial charge in [0.05, 0.1) is 18.3 Å². The molecule has 3 aromatic rings. The third-order valence-electron chi connectivity index (χ3n) is 4.84. The fraction of sp³-hybridized carbons (Fsp3) is 0.381. The third kappa shape index (κ3) is 3.94. The van der Waals surface area contributed by atoms with Crippen LogP contribution in [0.15, 0.2) is 30.5 Å². The molecule has 6 nitrogen and oxygen atoms in total. The second-order valence-electron chi connectivity index (χ2n) is 6.60. The summed E-state index contributed by atoms with van der Waals surface area (Å²) in [6.45, 7) is 4.14. The monoisotopic (exact) mass is 367 g/mol. The summed E-state index contributed by atoms with van der Waals surface area (Å²) in [6, 6.07) is 8.14. The third-order valence-corrected chi connectivity index (χ3v) is 4.84. The lowest BCUT2D eigenvalue weighted by Gasteiger charge is -2.16. The maximum atomic E-state index is 10.8. The lowest BCUT2D eigenvalue weighted by molar-refractivity contribution is -0.137. The average molecular weight is 367 g/mol. The highest BCUT2D eigenvalue weighted by Crippen LogP contribution is 2.33. The number of aromatic nitrogens is 3. The minimum Gasteiger partial charge on any atom is -0.481 e. The molecule has 0 saturated carbocycles. The summed E-state index contributed by atoms with van der Waals surface area (Å²) < 4.78 is 7.32. The van der Waals surface area contributed by atoms with Crippen molar-refractivity contribution in [3.8, 4) is 17.0 Å². The molecule has 3 rings (SSSR count). The van der Waals surface area contributed by atoms with Gasteiger partial charge in [-0.2, -0.15) is 5.10 Å². The Balaban J connectivity index is 2.12. The van der Waals surface area contributed by atoms with E-state index in [1.807, 2.05) is 23.6 Å². The highest BCUT2D eigenvalue weighted by atomic mass is 16.5. The molecule has 1 N–H and O–H groups in total. The number of carboxylic acid groups (broad SMARTS) is 1. The van der Waals surface area contributed by atoms with Crippen LogP contribution in [0.25, 0.3) is 16.6 Å². The van der Waals surface area contributed by atoms with Crippen LogP contribution >= 0.6 is 0 Å². The molecular formula is C21H25N3O3. The first-order valence-corrected chi connectivity index (χ1v) is 9.27. The summed E-state index contributed by atoms with van der Waals surface area (Å²) in [5, 5.41) is 13.7. The van der Waals surface area contributed by atoms with Gasteiger partial charge in [-0.05, 0) is 61.9 Å². The number of carboxylic acids is 1. The van der Waals surface area contributed by atoms with E-state index in [0.29, 0.717) is 12.3 Å². The van der Waals surface area contributed by atoms with Gasteiger partial charge in [0.2, 0.25) is 5.88 Å². The van der Waals surface area contributed by atoms with Gasteiger partial charge in [-0.1, -0.05) is 6.92 Å². The first kappa shape index (κ1) is 18.9. The summed E-state index contributed by atoms with van der Waals surface area (Å²) in [6.07, 6.45) is 5.09. The average Bonchev–Trinajstić information content (AvgIpc) is 3.07.